The van der Waals surface area contributed by atoms with Crippen LogP contribution in [0.15, 0.2) is 40.9 Å². The number of rotatable bonds is 4. The second-order valence-corrected chi connectivity index (χ2v) is 5.63. The molecular weight excluding hydrogens is 286 g/mol. The number of aryl methyl sites for hydroxylation is 1. The quantitative estimate of drug-likeness (QED) is 0.488. The van der Waals surface area contributed by atoms with Crippen molar-refractivity contribution in [1.29, 1.82) is 0 Å². The van der Waals surface area contributed by atoms with Gasteiger partial charge in [-0.25, -0.2) is 4.79 Å². The van der Waals surface area contributed by atoms with E-state index in [4.69, 9.17) is 4.74 Å². The number of ether oxygens (including phenoxy) is 1. The van der Waals surface area contributed by atoms with Crippen molar-refractivity contribution < 1.29 is 14.3 Å². The molecule has 0 bridgehead atoms. The molecule has 0 saturated heterocycles. The van der Waals surface area contributed by atoms with Crippen molar-refractivity contribution in [2.24, 2.45) is 0 Å². The summed E-state index contributed by atoms with van der Waals surface area (Å²) < 4.78 is 4.82. The zero-order valence-corrected chi connectivity index (χ0v) is 13.1. The van der Waals surface area contributed by atoms with Crippen molar-refractivity contribution in [3.05, 3.63) is 51.4 Å². The van der Waals surface area contributed by atoms with Gasteiger partial charge in [-0.2, -0.15) is 0 Å². The van der Waals surface area contributed by atoms with E-state index in [-0.39, 0.29) is 5.91 Å². The van der Waals surface area contributed by atoms with E-state index >= 15 is 0 Å². The average molecular weight is 303 g/mol. The number of thiophene rings is 1. The predicted molar refractivity (Wildman–Crippen MR) is 83.7 cm³/mol. The number of methoxy groups -OCH3 is 1. The van der Waals surface area contributed by atoms with Gasteiger partial charge < -0.3 is 9.64 Å². The summed E-state index contributed by atoms with van der Waals surface area (Å²) >= 11 is 1.53. The zero-order valence-electron chi connectivity index (χ0n) is 12.3. The molecule has 0 saturated carbocycles. The summed E-state index contributed by atoms with van der Waals surface area (Å²) in [6, 6.07) is 1.98. The Morgan fingerprint density at radius 3 is 2.71 bits per heavy atom. The van der Waals surface area contributed by atoms with Crippen LogP contribution in [0.2, 0.25) is 0 Å². The maximum absolute atomic E-state index is 12.5. The van der Waals surface area contributed by atoms with Crippen LogP contribution in [0.25, 0.3) is 6.08 Å². The molecule has 1 amide bonds. The molecule has 0 aliphatic carbocycles. The summed E-state index contributed by atoms with van der Waals surface area (Å²) in [5.74, 6) is -0.687. The van der Waals surface area contributed by atoms with Crippen LogP contribution in [0.1, 0.15) is 17.4 Å². The van der Waals surface area contributed by atoms with Gasteiger partial charge >= 0.3 is 5.97 Å². The van der Waals surface area contributed by atoms with E-state index in [0.29, 0.717) is 23.4 Å². The molecule has 0 spiro atoms. The van der Waals surface area contributed by atoms with Crippen molar-refractivity contribution in [2.75, 3.05) is 13.7 Å². The molecule has 0 fully saturated rings. The first-order chi connectivity index (χ1) is 10.0. The van der Waals surface area contributed by atoms with Crippen LogP contribution in [0.5, 0.6) is 0 Å². The largest absolute Gasteiger partial charge is 0.465 e. The molecular formula is C16H17NO3S. The second kappa shape index (κ2) is 6.10. The van der Waals surface area contributed by atoms with Gasteiger partial charge in [-0.3, -0.25) is 4.79 Å². The van der Waals surface area contributed by atoms with Crippen LogP contribution in [0.3, 0.4) is 0 Å². The summed E-state index contributed by atoms with van der Waals surface area (Å²) in [6.45, 7) is 7.73. The maximum Gasteiger partial charge on any atom is 0.340 e. The van der Waals surface area contributed by atoms with Crippen LogP contribution in [0, 0.1) is 6.92 Å². The summed E-state index contributed by atoms with van der Waals surface area (Å²) in [7, 11) is 1.32. The van der Waals surface area contributed by atoms with Gasteiger partial charge in [0.1, 0.15) is 0 Å². The third kappa shape index (κ3) is 2.69. The Balaban J connectivity index is 2.55. The molecule has 4 nitrogen and oxygen atoms in total. The molecule has 1 aromatic rings. The van der Waals surface area contributed by atoms with Crippen LogP contribution < -0.4 is 0 Å². The lowest BCUT2D eigenvalue weighted by molar-refractivity contribution is -0.136. The number of esters is 1. The van der Waals surface area contributed by atoms with Gasteiger partial charge in [0.25, 0.3) is 5.91 Å². The van der Waals surface area contributed by atoms with E-state index in [2.05, 4.69) is 6.58 Å². The SMILES string of the molecule is C=CCN1C(=O)/C(=C/c2sccc2C)C(C(=O)OC)=C1C. The molecule has 110 valence electrons. The Labute approximate surface area is 128 Å². The number of hydrogen-bond donors (Lipinski definition) is 0. The number of nitrogens with zero attached hydrogens (tertiary/aromatic N) is 1. The third-order valence-corrected chi connectivity index (χ3v) is 4.36. The fourth-order valence-corrected chi connectivity index (χ4v) is 3.10. The molecule has 0 atom stereocenters. The lowest BCUT2D eigenvalue weighted by Crippen LogP contribution is -2.24. The molecule has 1 aromatic heterocycles. The first kappa shape index (κ1) is 15.3. The molecule has 2 rings (SSSR count). The highest BCUT2D eigenvalue weighted by atomic mass is 32.1. The Morgan fingerprint density at radius 1 is 1.48 bits per heavy atom. The van der Waals surface area contributed by atoms with Crippen molar-refractivity contribution in [3.8, 4) is 0 Å². The Bertz CT molecular complexity index is 667. The van der Waals surface area contributed by atoms with E-state index in [1.54, 1.807) is 19.1 Å². The van der Waals surface area contributed by atoms with Gasteiger partial charge in [0, 0.05) is 17.1 Å². The molecule has 1 aliphatic heterocycles. The number of carbonyl (C=O) groups excluding carboxylic acids is 2. The van der Waals surface area contributed by atoms with E-state index in [1.807, 2.05) is 18.4 Å². The summed E-state index contributed by atoms with van der Waals surface area (Å²) in [6.07, 6.45) is 3.40. The van der Waals surface area contributed by atoms with E-state index < -0.39 is 5.97 Å². The van der Waals surface area contributed by atoms with Crippen molar-refractivity contribution in [2.45, 2.75) is 13.8 Å². The van der Waals surface area contributed by atoms with Gasteiger partial charge in [-0.1, -0.05) is 6.08 Å². The van der Waals surface area contributed by atoms with Gasteiger partial charge in [0.2, 0.25) is 0 Å². The first-order valence-electron chi connectivity index (χ1n) is 6.49. The third-order valence-electron chi connectivity index (χ3n) is 3.39. The van der Waals surface area contributed by atoms with E-state index in [0.717, 1.165) is 10.4 Å². The average Bonchev–Trinajstić information content (AvgIpc) is 2.96. The fourth-order valence-electron chi connectivity index (χ4n) is 2.24. The second-order valence-electron chi connectivity index (χ2n) is 4.68. The molecule has 0 unspecified atom stereocenters. The lowest BCUT2D eigenvalue weighted by atomic mass is 10.1. The Hall–Kier alpha value is -2.14. The van der Waals surface area contributed by atoms with E-state index in [1.165, 1.54) is 23.3 Å². The van der Waals surface area contributed by atoms with Crippen LogP contribution in [0.4, 0.5) is 0 Å². The first-order valence-corrected chi connectivity index (χ1v) is 7.37. The summed E-state index contributed by atoms with van der Waals surface area (Å²) in [5.41, 5.74) is 2.39. The standard InChI is InChI=1S/C16H17NO3S/c1-5-7-17-11(3)14(16(19)20-4)12(15(17)18)9-13-10(2)6-8-21-13/h5-6,8-9H,1,7H2,2-4H3/b12-9+. The molecule has 0 radical (unpaired) electrons. The molecule has 5 heteroatoms. The predicted octanol–water partition coefficient (Wildman–Crippen LogP) is 2.92. The highest BCUT2D eigenvalue weighted by Gasteiger charge is 2.36. The molecule has 1 aliphatic rings. The van der Waals surface area contributed by atoms with Crippen LogP contribution >= 0.6 is 11.3 Å². The van der Waals surface area contributed by atoms with Crippen molar-refractivity contribution in [3.63, 3.8) is 0 Å². The summed E-state index contributed by atoms with van der Waals surface area (Å²) in [5, 5.41) is 1.96. The minimum Gasteiger partial charge on any atom is -0.465 e. The number of carbonyl (C=O) groups is 2. The van der Waals surface area contributed by atoms with Gasteiger partial charge in [-0.05, 0) is 36.9 Å². The Kier molecular flexibility index (Phi) is 4.43. The minimum atomic E-state index is -0.493. The molecule has 21 heavy (non-hydrogen) atoms. The number of amides is 1. The topological polar surface area (TPSA) is 46.6 Å². The van der Waals surface area contributed by atoms with Gasteiger partial charge in [0.05, 0.1) is 18.3 Å². The molecule has 2 heterocycles. The van der Waals surface area contributed by atoms with Crippen LogP contribution in [-0.4, -0.2) is 30.4 Å². The Morgan fingerprint density at radius 2 is 2.19 bits per heavy atom. The maximum atomic E-state index is 12.5. The number of allylic oxidation sites excluding steroid dienone is 1. The van der Waals surface area contributed by atoms with Crippen molar-refractivity contribution >= 4 is 29.3 Å². The van der Waals surface area contributed by atoms with Gasteiger partial charge in [0.15, 0.2) is 0 Å². The molecule has 0 aromatic carbocycles. The van der Waals surface area contributed by atoms with Crippen molar-refractivity contribution in [1.82, 2.24) is 4.90 Å². The zero-order chi connectivity index (χ0) is 15.6. The molecule has 0 N–H and O–H groups in total. The fraction of sp³-hybridized carbons (Fsp3) is 0.250. The van der Waals surface area contributed by atoms with E-state index in [9.17, 15) is 9.59 Å². The highest BCUT2D eigenvalue weighted by molar-refractivity contribution is 7.11. The minimum absolute atomic E-state index is 0.194. The normalized spacial score (nSPS) is 16.8. The highest BCUT2D eigenvalue weighted by Crippen LogP contribution is 2.32. The number of hydrogen-bond acceptors (Lipinski definition) is 4. The monoisotopic (exact) mass is 303 g/mol. The van der Waals surface area contributed by atoms with Gasteiger partial charge in [-0.15, -0.1) is 17.9 Å². The van der Waals surface area contributed by atoms with Crippen LogP contribution in [-0.2, 0) is 14.3 Å². The lowest BCUT2D eigenvalue weighted by Gasteiger charge is -2.14. The summed E-state index contributed by atoms with van der Waals surface area (Å²) in [4.78, 5) is 27.1. The smallest absolute Gasteiger partial charge is 0.340 e.